The average Bonchev–Trinajstić information content (AvgIpc) is 2.77. The first-order valence-corrected chi connectivity index (χ1v) is 6.53. The van der Waals surface area contributed by atoms with Crippen molar-refractivity contribution < 1.29 is 9.84 Å². The average molecular weight is 281 g/mol. The fourth-order valence-electron chi connectivity index (χ4n) is 1.81. The van der Waals surface area contributed by atoms with Crippen molar-refractivity contribution in [3.8, 4) is 5.75 Å². The summed E-state index contributed by atoms with van der Waals surface area (Å²) in [6, 6.07) is 7.29. The second-order valence-corrected chi connectivity index (χ2v) is 4.82. The zero-order valence-corrected chi connectivity index (χ0v) is 11.8. The predicted octanol–water partition coefficient (Wildman–Crippen LogP) is 2.75. The maximum atomic E-state index is 9.46. The van der Waals surface area contributed by atoms with Crippen molar-refractivity contribution in [2.45, 2.75) is 19.4 Å². The zero-order chi connectivity index (χ0) is 13.8. The summed E-state index contributed by atoms with van der Waals surface area (Å²) < 4.78 is 7.47. The van der Waals surface area contributed by atoms with Crippen LogP contribution >= 0.6 is 11.6 Å². The van der Waals surface area contributed by atoms with Crippen molar-refractivity contribution in [1.82, 2.24) is 9.78 Å². The van der Waals surface area contributed by atoms with Gasteiger partial charge in [0.05, 0.1) is 17.7 Å². The van der Waals surface area contributed by atoms with E-state index in [0.29, 0.717) is 17.4 Å². The van der Waals surface area contributed by atoms with Crippen LogP contribution in [-0.4, -0.2) is 21.5 Å². The Morgan fingerprint density at radius 1 is 1.42 bits per heavy atom. The lowest BCUT2D eigenvalue weighted by atomic mass is 10.1. The number of aliphatic hydroxyl groups excluding tert-OH is 1. The standard InChI is InChI=1S/C14H17ClN2O2/c1-10(18)11-3-4-14(13(15)9-11)19-8-6-12-5-7-16-17(12)2/h3-5,7,9-10,18H,6,8H2,1-2H3/t10-/m1/s1. The van der Waals surface area contributed by atoms with Gasteiger partial charge in [-0.2, -0.15) is 5.10 Å². The van der Waals surface area contributed by atoms with E-state index in [0.717, 1.165) is 17.7 Å². The van der Waals surface area contributed by atoms with Crippen molar-refractivity contribution in [3.63, 3.8) is 0 Å². The zero-order valence-electron chi connectivity index (χ0n) is 11.0. The molecule has 0 bridgehead atoms. The molecule has 1 aromatic carbocycles. The topological polar surface area (TPSA) is 47.3 Å². The number of ether oxygens (including phenoxy) is 1. The molecule has 0 aliphatic heterocycles. The molecule has 1 atom stereocenters. The SMILES string of the molecule is C[C@@H](O)c1ccc(OCCc2ccnn2C)c(Cl)c1. The minimum atomic E-state index is -0.527. The van der Waals surface area contributed by atoms with Gasteiger partial charge in [0.2, 0.25) is 0 Å². The number of aryl methyl sites for hydroxylation is 1. The number of hydrogen-bond donors (Lipinski definition) is 1. The number of halogens is 1. The Balaban J connectivity index is 1.95. The molecule has 2 rings (SSSR count). The summed E-state index contributed by atoms with van der Waals surface area (Å²) >= 11 is 6.11. The molecule has 0 amide bonds. The normalized spacial score (nSPS) is 12.4. The summed E-state index contributed by atoms with van der Waals surface area (Å²) in [5.41, 5.74) is 1.89. The Kier molecular flexibility index (Phi) is 4.45. The fourth-order valence-corrected chi connectivity index (χ4v) is 2.05. The lowest BCUT2D eigenvalue weighted by Crippen LogP contribution is -2.06. The molecule has 0 saturated heterocycles. The van der Waals surface area contributed by atoms with Crippen molar-refractivity contribution in [2.24, 2.45) is 7.05 Å². The van der Waals surface area contributed by atoms with Gasteiger partial charge in [0.25, 0.3) is 0 Å². The van der Waals surface area contributed by atoms with Crippen LogP contribution in [0.2, 0.25) is 5.02 Å². The fraction of sp³-hybridized carbons (Fsp3) is 0.357. The molecule has 1 aromatic heterocycles. The second kappa shape index (κ2) is 6.08. The summed E-state index contributed by atoms with van der Waals surface area (Å²) in [4.78, 5) is 0. The third-order valence-corrected chi connectivity index (χ3v) is 3.27. The molecule has 0 spiro atoms. The summed E-state index contributed by atoms with van der Waals surface area (Å²) in [7, 11) is 1.90. The maximum absolute atomic E-state index is 9.46. The van der Waals surface area contributed by atoms with Crippen LogP contribution < -0.4 is 4.74 Å². The number of benzene rings is 1. The molecule has 1 N–H and O–H groups in total. The van der Waals surface area contributed by atoms with Gasteiger partial charge in [0.1, 0.15) is 5.75 Å². The van der Waals surface area contributed by atoms with Gasteiger partial charge in [-0.05, 0) is 30.7 Å². The number of nitrogens with zero attached hydrogens (tertiary/aromatic N) is 2. The highest BCUT2D eigenvalue weighted by Crippen LogP contribution is 2.27. The summed E-state index contributed by atoms with van der Waals surface area (Å²) in [5, 5.41) is 14.1. The molecule has 102 valence electrons. The lowest BCUT2D eigenvalue weighted by molar-refractivity contribution is 0.199. The van der Waals surface area contributed by atoms with Gasteiger partial charge in [-0.25, -0.2) is 0 Å². The van der Waals surface area contributed by atoms with Gasteiger partial charge in [-0.1, -0.05) is 17.7 Å². The molecular weight excluding hydrogens is 264 g/mol. The minimum Gasteiger partial charge on any atom is -0.492 e. The molecule has 2 aromatic rings. The Morgan fingerprint density at radius 2 is 2.21 bits per heavy atom. The van der Waals surface area contributed by atoms with Crippen LogP contribution in [0.25, 0.3) is 0 Å². The van der Waals surface area contributed by atoms with E-state index in [1.165, 1.54) is 0 Å². The first-order valence-electron chi connectivity index (χ1n) is 6.15. The Bertz CT molecular complexity index is 552. The van der Waals surface area contributed by atoms with Gasteiger partial charge in [0, 0.05) is 25.4 Å². The molecule has 0 aliphatic carbocycles. The van der Waals surface area contributed by atoms with Crippen LogP contribution in [0.4, 0.5) is 0 Å². The minimum absolute atomic E-state index is 0.517. The smallest absolute Gasteiger partial charge is 0.137 e. The highest BCUT2D eigenvalue weighted by Gasteiger charge is 2.07. The predicted molar refractivity (Wildman–Crippen MR) is 74.5 cm³/mol. The van der Waals surface area contributed by atoms with E-state index >= 15 is 0 Å². The third kappa shape index (κ3) is 3.49. The van der Waals surface area contributed by atoms with E-state index < -0.39 is 6.10 Å². The van der Waals surface area contributed by atoms with Gasteiger partial charge < -0.3 is 9.84 Å². The first-order chi connectivity index (χ1) is 9.08. The lowest BCUT2D eigenvalue weighted by Gasteiger charge is -2.11. The monoisotopic (exact) mass is 280 g/mol. The number of aliphatic hydroxyl groups is 1. The summed E-state index contributed by atoms with van der Waals surface area (Å²) in [6.45, 7) is 2.24. The maximum Gasteiger partial charge on any atom is 0.137 e. The van der Waals surface area contributed by atoms with Crippen LogP contribution in [0.1, 0.15) is 24.3 Å². The molecule has 0 fully saturated rings. The second-order valence-electron chi connectivity index (χ2n) is 4.41. The quantitative estimate of drug-likeness (QED) is 0.916. The number of hydrogen-bond acceptors (Lipinski definition) is 3. The van der Waals surface area contributed by atoms with Crippen molar-refractivity contribution in [2.75, 3.05) is 6.61 Å². The molecule has 0 unspecified atom stereocenters. The van der Waals surface area contributed by atoms with Crippen LogP contribution in [0.3, 0.4) is 0 Å². The first kappa shape index (κ1) is 13.9. The van der Waals surface area contributed by atoms with Gasteiger partial charge in [-0.15, -0.1) is 0 Å². The van der Waals surface area contributed by atoms with Crippen LogP contribution in [0, 0.1) is 0 Å². The van der Waals surface area contributed by atoms with E-state index in [2.05, 4.69) is 5.10 Å². The van der Waals surface area contributed by atoms with E-state index in [9.17, 15) is 5.11 Å². The number of aromatic nitrogens is 2. The molecular formula is C14H17ClN2O2. The molecule has 0 radical (unpaired) electrons. The molecule has 0 aliphatic rings. The van der Waals surface area contributed by atoms with E-state index in [4.69, 9.17) is 16.3 Å². The number of rotatable bonds is 5. The molecule has 1 heterocycles. The highest BCUT2D eigenvalue weighted by molar-refractivity contribution is 6.32. The van der Waals surface area contributed by atoms with E-state index in [1.54, 1.807) is 25.3 Å². The third-order valence-electron chi connectivity index (χ3n) is 2.98. The molecule has 0 saturated carbocycles. The van der Waals surface area contributed by atoms with Crippen LogP contribution in [0.15, 0.2) is 30.5 Å². The Labute approximate surface area is 117 Å². The van der Waals surface area contributed by atoms with Gasteiger partial charge >= 0.3 is 0 Å². The molecule has 5 heteroatoms. The summed E-state index contributed by atoms with van der Waals surface area (Å²) in [5.74, 6) is 0.633. The Morgan fingerprint density at radius 3 is 2.79 bits per heavy atom. The van der Waals surface area contributed by atoms with E-state index in [1.807, 2.05) is 23.9 Å². The van der Waals surface area contributed by atoms with Crippen LogP contribution in [0.5, 0.6) is 5.75 Å². The van der Waals surface area contributed by atoms with Gasteiger partial charge in [-0.3, -0.25) is 4.68 Å². The summed E-state index contributed by atoms with van der Waals surface area (Å²) in [6.07, 6.45) is 2.01. The molecule has 4 nitrogen and oxygen atoms in total. The highest BCUT2D eigenvalue weighted by atomic mass is 35.5. The van der Waals surface area contributed by atoms with E-state index in [-0.39, 0.29) is 0 Å². The van der Waals surface area contributed by atoms with Crippen molar-refractivity contribution in [3.05, 3.63) is 46.7 Å². The Hall–Kier alpha value is -1.52. The largest absolute Gasteiger partial charge is 0.492 e. The molecule has 19 heavy (non-hydrogen) atoms. The van der Waals surface area contributed by atoms with Crippen molar-refractivity contribution in [1.29, 1.82) is 0 Å². The van der Waals surface area contributed by atoms with Crippen LogP contribution in [-0.2, 0) is 13.5 Å². The van der Waals surface area contributed by atoms with Crippen molar-refractivity contribution >= 4 is 11.6 Å². The van der Waals surface area contributed by atoms with Gasteiger partial charge in [0.15, 0.2) is 0 Å².